The molecule has 0 bridgehead atoms. The van der Waals surface area contributed by atoms with Gasteiger partial charge in [-0.3, -0.25) is 24.5 Å². The lowest BCUT2D eigenvalue weighted by molar-refractivity contribution is -0.385. The average molecular weight is 313 g/mol. The largest absolute Gasteiger partial charge is 0.393 e. The number of nitro benzene ring substituents is 1. The second-order valence-electron chi connectivity index (χ2n) is 3.64. The number of hydrogen-bond acceptors (Lipinski definition) is 7. The zero-order valence-electron chi connectivity index (χ0n) is 11.6. The van der Waals surface area contributed by atoms with E-state index in [1.807, 2.05) is 6.26 Å². The molecule has 0 heterocycles. The SMILES string of the molecule is CSCCC(=O)OC(C)=O.O=Cc1ccccc1[N+](=O)[O-]. The van der Waals surface area contributed by atoms with E-state index in [1.54, 1.807) is 17.8 Å². The van der Waals surface area contributed by atoms with Gasteiger partial charge in [0.1, 0.15) is 0 Å². The van der Waals surface area contributed by atoms with E-state index in [0.29, 0.717) is 18.5 Å². The molecule has 0 aliphatic heterocycles. The molecule has 0 amide bonds. The number of esters is 2. The Balaban J connectivity index is 0.000000384. The van der Waals surface area contributed by atoms with Crippen molar-refractivity contribution in [2.24, 2.45) is 0 Å². The summed E-state index contributed by atoms with van der Waals surface area (Å²) in [6.45, 7) is 1.22. The van der Waals surface area contributed by atoms with Crippen molar-refractivity contribution >= 4 is 35.7 Å². The van der Waals surface area contributed by atoms with Crippen LogP contribution >= 0.6 is 11.8 Å². The number of para-hydroxylation sites is 1. The van der Waals surface area contributed by atoms with Crippen molar-refractivity contribution in [3.63, 3.8) is 0 Å². The van der Waals surface area contributed by atoms with Crippen molar-refractivity contribution in [3.8, 4) is 0 Å². The van der Waals surface area contributed by atoms with Gasteiger partial charge in [0.2, 0.25) is 0 Å². The molecular weight excluding hydrogens is 298 g/mol. The van der Waals surface area contributed by atoms with E-state index < -0.39 is 16.9 Å². The molecule has 0 atom stereocenters. The quantitative estimate of drug-likeness (QED) is 0.270. The molecule has 1 aromatic carbocycles. The third kappa shape index (κ3) is 8.53. The third-order valence-electron chi connectivity index (χ3n) is 2.03. The van der Waals surface area contributed by atoms with Crippen LogP contribution < -0.4 is 0 Å². The zero-order chi connectivity index (χ0) is 16.3. The topological polar surface area (TPSA) is 104 Å². The van der Waals surface area contributed by atoms with E-state index in [1.165, 1.54) is 25.1 Å². The van der Waals surface area contributed by atoms with Crippen molar-refractivity contribution in [2.75, 3.05) is 12.0 Å². The first kappa shape index (κ1) is 18.8. The summed E-state index contributed by atoms with van der Waals surface area (Å²) in [6.07, 6.45) is 2.67. The molecule has 0 saturated carbocycles. The summed E-state index contributed by atoms with van der Waals surface area (Å²) >= 11 is 1.54. The lowest BCUT2D eigenvalue weighted by Crippen LogP contribution is -2.09. The van der Waals surface area contributed by atoms with Gasteiger partial charge in [0, 0.05) is 18.7 Å². The first-order valence-corrected chi connectivity index (χ1v) is 7.20. The van der Waals surface area contributed by atoms with Gasteiger partial charge in [-0.1, -0.05) is 12.1 Å². The van der Waals surface area contributed by atoms with Gasteiger partial charge in [0.15, 0.2) is 6.29 Å². The molecule has 1 rings (SSSR count). The zero-order valence-corrected chi connectivity index (χ0v) is 12.4. The average Bonchev–Trinajstić information content (AvgIpc) is 2.45. The van der Waals surface area contributed by atoms with Gasteiger partial charge in [-0.05, 0) is 12.3 Å². The van der Waals surface area contributed by atoms with Gasteiger partial charge in [-0.2, -0.15) is 11.8 Å². The van der Waals surface area contributed by atoms with E-state index in [-0.39, 0.29) is 11.3 Å². The summed E-state index contributed by atoms with van der Waals surface area (Å²) in [6, 6.07) is 5.80. The molecule has 0 unspecified atom stereocenters. The van der Waals surface area contributed by atoms with Crippen LogP contribution in [0.15, 0.2) is 24.3 Å². The Hall–Kier alpha value is -2.22. The van der Waals surface area contributed by atoms with E-state index >= 15 is 0 Å². The molecule has 7 nitrogen and oxygen atoms in total. The minimum absolute atomic E-state index is 0.109. The third-order valence-corrected chi connectivity index (χ3v) is 2.64. The molecule has 1 aromatic rings. The number of nitro groups is 1. The van der Waals surface area contributed by atoms with Crippen LogP contribution in [0, 0.1) is 10.1 Å². The Kier molecular flexibility index (Phi) is 9.44. The van der Waals surface area contributed by atoms with Gasteiger partial charge < -0.3 is 4.74 Å². The second kappa shape index (κ2) is 10.6. The van der Waals surface area contributed by atoms with Crippen LogP contribution in [0.2, 0.25) is 0 Å². The number of aldehydes is 1. The molecule has 0 radical (unpaired) electrons. The summed E-state index contributed by atoms with van der Waals surface area (Å²) < 4.78 is 4.26. The Morgan fingerprint density at radius 1 is 1.38 bits per heavy atom. The van der Waals surface area contributed by atoms with Gasteiger partial charge >= 0.3 is 11.9 Å². The maximum Gasteiger partial charge on any atom is 0.314 e. The fourth-order valence-corrected chi connectivity index (χ4v) is 1.52. The van der Waals surface area contributed by atoms with Gasteiger partial charge in [0.25, 0.3) is 5.69 Å². The number of carbonyl (C=O) groups excluding carboxylic acids is 3. The lowest BCUT2D eigenvalue weighted by atomic mass is 10.2. The maximum atomic E-state index is 10.6. The molecule has 0 aromatic heterocycles. The van der Waals surface area contributed by atoms with E-state index in [4.69, 9.17) is 0 Å². The summed E-state index contributed by atoms with van der Waals surface area (Å²) in [5.74, 6) is -0.278. The fraction of sp³-hybridized carbons (Fsp3) is 0.308. The minimum atomic E-state index is -0.580. The molecule has 114 valence electrons. The summed E-state index contributed by atoms with van der Waals surface area (Å²) in [5, 5.41) is 10.2. The number of hydrogen-bond donors (Lipinski definition) is 0. The predicted molar refractivity (Wildman–Crippen MR) is 78.3 cm³/mol. The highest BCUT2D eigenvalue weighted by atomic mass is 32.2. The molecule has 0 saturated heterocycles. The minimum Gasteiger partial charge on any atom is -0.393 e. The molecular formula is C13H15NO6S. The first-order chi connectivity index (χ1) is 9.92. The molecule has 0 aliphatic carbocycles. The maximum absolute atomic E-state index is 10.6. The summed E-state index contributed by atoms with van der Waals surface area (Å²) in [4.78, 5) is 40.6. The number of nitrogens with zero attached hydrogens (tertiary/aromatic N) is 1. The van der Waals surface area contributed by atoms with Crippen LogP contribution in [-0.2, 0) is 14.3 Å². The number of benzene rings is 1. The number of rotatable bonds is 5. The monoisotopic (exact) mass is 313 g/mol. The molecule has 0 N–H and O–H groups in total. The predicted octanol–water partition coefficient (Wildman–Crippen LogP) is 2.24. The van der Waals surface area contributed by atoms with Crippen molar-refractivity contribution < 1.29 is 24.0 Å². The van der Waals surface area contributed by atoms with E-state index in [0.717, 1.165) is 0 Å². The van der Waals surface area contributed by atoms with Crippen LogP contribution in [0.4, 0.5) is 5.69 Å². The summed E-state index contributed by atoms with van der Waals surface area (Å²) in [7, 11) is 0. The standard InChI is InChI=1S/C7H5NO3.C6H10O3S/c9-5-6-3-1-2-4-7(6)8(10)11;1-5(7)9-6(8)3-4-10-2/h1-5H;3-4H2,1-2H3. The van der Waals surface area contributed by atoms with Crippen LogP contribution in [0.3, 0.4) is 0 Å². The highest BCUT2D eigenvalue weighted by Gasteiger charge is 2.09. The van der Waals surface area contributed by atoms with E-state index in [2.05, 4.69) is 4.74 Å². The lowest BCUT2D eigenvalue weighted by Gasteiger charge is -1.96. The number of carbonyl (C=O) groups is 3. The van der Waals surface area contributed by atoms with Crippen molar-refractivity contribution in [3.05, 3.63) is 39.9 Å². The Bertz CT molecular complexity index is 517. The number of thioether (sulfide) groups is 1. The fourth-order valence-electron chi connectivity index (χ4n) is 1.15. The molecule has 0 fully saturated rings. The van der Waals surface area contributed by atoms with Gasteiger partial charge in [-0.15, -0.1) is 0 Å². The number of ether oxygens (including phenoxy) is 1. The molecule has 0 spiro atoms. The van der Waals surface area contributed by atoms with Crippen LogP contribution in [0.25, 0.3) is 0 Å². The highest BCUT2D eigenvalue weighted by Crippen LogP contribution is 2.14. The Morgan fingerprint density at radius 3 is 2.43 bits per heavy atom. The van der Waals surface area contributed by atoms with E-state index in [9.17, 15) is 24.5 Å². The molecule has 8 heteroatoms. The Labute approximate surface area is 125 Å². The smallest absolute Gasteiger partial charge is 0.314 e. The van der Waals surface area contributed by atoms with Crippen LogP contribution in [-0.4, -0.2) is 35.2 Å². The first-order valence-electron chi connectivity index (χ1n) is 5.81. The molecule has 0 aliphatic rings. The summed E-state index contributed by atoms with van der Waals surface area (Å²) in [5.41, 5.74) is -0.0417. The van der Waals surface area contributed by atoms with Gasteiger partial charge in [-0.25, -0.2) is 0 Å². The second-order valence-corrected chi connectivity index (χ2v) is 4.63. The highest BCUT2D eigenvalue weighted by molar-refractivity contribution is 7.98. The Morgan fingerprint density at radius 2 is 2.00 bits per heavy atom. The van der Waals surface area contributed by atoms with Crippen LogP contribution in [0.5, 0.6) is 0 Å². The van der Waals surface area contributed by atoms with Crippen molar-refractivity contribution in [1.29, 1.82) is 0 Å². The van der Waals surface area contributed by atoms with Crippen LogP contribution in [0.1, 0.15) is 23.7 Å². The molecule has 21 heavy (non-hydrogen) atoms. The normalized spacial score (nSPS) is 9.05. The van der Waals surface area contributed by atoms with Crippen molar-refractivity contribution in [1.82, 2.24) is 0 Å². The van der Waals surface area contributed by atoms with Gasteiger partial charge in [0.05, 0.1) is 16.9 Å². The van der Waals surface area contributed by atoms with Crippen molar-refractivity contribution in [2.45, 2.75) is 13.3 Å².